The fourth-order valence-corrected chi connectivity index (χ4v) is 10.1. The second kappa shape index (κ2) is 8.95. The zero-order valence-corrected chi connectivity index (χ0v) is 20.4. The summed E-state index contributed by atoms with van der Waals surface area (Å²) in [6.45, 7) is 13.2. The standard InChI is InChI=1S/C22H31BrO4Si/c1-13(2)28(14(3)4,15(5)6)27-19-12-18(20(19)22(25)26-7)21(24)16-8-10-17(23)11-9-16/h8-11,13-15,18H,12H2,1-7H3/t18-/m1/s1. The van der Waals surface area contributed by atoms with Crippen LogP contribution in [-0.4, -0.2) is 27.2 Å². The van der Waals surface area contributed by atoms with E-state index in [2.05, 4.69) is 57.5 Å². The zero-order valence-electron chi connectivity index (χ0n) is 17.8. The topological polar surface area (TPSA) is 52.6 Å². The summed E-state index contributed by atoms with van der Waals surface area (Å²) in [5.41, 5.74) is 2.16. The molecule has 2 rings (SSSR count). The summed E-state index contributed by atoms with van der Waals surface area (Å²) in [5, 5.41) is 0. The zero-order chi connectivity index (χ0) is 21.2. The van der Waals surface area contributed by atoms with Gasteiger partial charge in [0.2, 0.25) is 0 Å². The Morgan fingerprint density at radius 1 is 1.00 bits per heavy atom. The van der Waals surface area contributed by atoms with Crippen molar-refractivity contribution in [3.8, 4) is 0 Å². The van der Waals surface area contributed by atoms with Crippen molar-refractivity contribution in [3.63, 3.8) is 0 Å². The number of esters is 1. The number of ether oxygens (including phenoxy) is 1. The van der Waals surface area contributed by atoms with Crippen LogP contribution in [0.2, 0.25) is 16.6 Å². The van der Waals surface area contributed by atoms with E-state index < -0.39 is 20.2 Å². The molecule has 1 aromatic rings. The van der Waals surface area contributed by atoms with Crippen molar-refractivity contribution in [1.29, 1.82) is 0 Å². The Morgan fingerprint density at radius 3 is 1.93 bits per heavy atom. The predicted molar refractivity (Wildman–Crippen MR) is 118 cm³/mol. The van der Waals surface area contributed by atoms with Crippen LogP contribution in [0.3, 0.4) is 0 Å². The van der Waals surface area contributed by atoms with Crippen LogP contribution in [0.1, 0.15) is 58.3 Å². The number of carbonyl (C=O) groups excluding carboxylic acids is 2. The summed E-state index contributed by atoms with van der Waals surface area (Å²) >= 11 is 3.38. The van der Waals surface area contributed by atoms with E-state index in [9.17, 15) is 9.59 Å². The molecule has 1 aliphatic rings. The summed E-state index contributed by atoms with van der Waals surface area (Å²) in [7, 11) is -0.843. The van der Waals surface area contributed by atoms with E-state index in [1.54, 1.807) is 12.1 Å². The van der Waals surface area contributed by atoms with Crippen LogP contribution in [0.25, 0.3) is 0 Å². The molecular weight excluding hydrogens is 436 g/mol. The molecule has 0 spiro atoms. The molecule has 4 nitrogen and oxygen atoms in total. The second-order valence-corrected chi connectivity index (χ2v) is 14.7. The van der Waals surface area contributed by atoms with Crippen molar-refractivity contribution in [2.24, 2.45) is 5.92 Å². The van der Waals surface area contributed by atoms with Crippen molar-refractivity contribution < 1.29 is 18.8 Å². The van der Waals surface area contributed by atoms with Gasteiger partial charge in [0, 0.05) is 16.5 Å². The Morgan fingerprint density at radius 2 is 1.50 bits per heavy atom. The molecule has 0 heterocycles. The van der Waals surface area contributed by atoms with E-state index >= 15 is 0 Å². The van der Waals surface area contributed by atoms with Crippen LogP contribution in [0, 0.1) is 5.92 Å². The third kappa shape index (κ3) is 4.13. The van der Waals surface area contributed by atoms with Gasteiger partial charge in [-0.05, 0) is 28.8 Å². The average Bonchev–Trinajstić information content (AvgIpc) is 2.60. The van der Waals surface area contributed by atoms with Gasteiger partial charge in [-0.15, -0.1) is 0 Å². The molecule has 0 fully saturated rings. The number of benzene rings is 1. The number of methoxy groups -OCH3 is 1. The molecule has 1 aliphatic carbocycles. The Hall–Kier alpha value is -1.40. The number of Topliss-reactive ketones (excluding diaryl/α,β-unsaturated/α-hetero) is 1. The second-order valence-electron chi connectivity index (χ2n) is 8.38. The van der Waals surface area contributed by atoms with Crippen LogP contribution in [-0.2, 0) is 14.0 Å². The van der Waals surface area contributed by atoms with Crippen LogP contribution in [0.15, 0.2) is 40.1 Å². The predicted octanol–water partition coefficient (Wildman–Crippen LogP) is 6.27. The fourth-order valence-electron chi connectivity index (χ4n) is 4.53. The van der Waals surface area contributed by atoms with Gasteiger partial charge in [-0.3, -0.25) is 4.79 Å². The van der Waals surface area contributed by atoms with Crippen molar-refractivity contribution in [3.05, 3.63) is 45.6 Å². The highest BCUT2D eigenvalue weighted by atomic mass is 79.9. The smallest absolute Gasteiger partial charge is 0.337 e. The molecule has 0 N–H and O–H groups in total. The number of ketones is 1. The molecule has 0 aliphatic heterocycles. The van der Waals surface area contributed by atoms with Gasteiger partial charge in [0.05, 0.1) is 24.4 Å². The SMILES string of the molecule is COC(=O)C1=C(O[Si](C(C)C)(C(C)C)C(C)C)C[C@H]1C(=O)c1ccc(Br)cc1. The number of allylic oxidation sites excluding steroid dienone is 1. The summed E-state index contributed by atoms with van der Waals surface area (Å²) in [6.07, 6.45) is 0.459. The lowest BCUT2D eigenvalue weighted by Gasteiger charge is -2.46. The minimum absolute atomic E-state index is 0.0637. The fraction of sp³-hybridized carbons (Fsp3) is 0.545. The molecular formula is C22H31BrO4Si. The van der Waals surface area contributed by atoms with Gasteiger partial charge in [-0.1, -0.05) is 69.6 Å². The molecule has 0 unspecified atom stereocenters. The van der Waals surface area contributed by atoms with E-state index in [0.29, 0.717) is 39.9 Å². The summed E-state index contributed by atoms with van der Waals surface area (Å²) < 4.78 is 12.6. The van der Waals surface area contributed by atoms with Gasteiger partial charge in [0.15, 0.2) is 5.78 Å². The highest BCUT2D eigenvalue weighted by Gasteiger charge is 2.51. The van der Waals surface area contributed by atoms with Crippen molar-refractivity contribution >= 4 is 36.0 Å². The third-order valence-electron chi connectivity index (χ3n) is 5.90. The molecule has 28 heavy (non-hydrogen) atoms. The van der Waals surface area contributed by atoms with Crippen LogP contribution < -0.4 is 0 Å². The van der Waals surface area contributed by atoms with Crippen molar-refractivity contribution in [2.45, 2.75) is 64.6 Å². The van der Waals surface area contributed by atoms with Gasteiger partial charge in [-0.25, -0.2) is 4.79 Å². The van der Waals surface area contributed by atoms with Crippen LogP contribution in [0.5, 0.6) is 0 Å². The number of hydrogen-bond acceptors (Lipinski definition) is 4. The number of halogens is 1. The van der Waals surface area contributed by atoms with E-state index in [1.807, 2.05) is 12.1 Å². The molecule has 6 heteroatoms. The van der Waals surface area contributed by atoms with E-state index in [1.165, 1.54) is 7.11 Å². The monoisotopic (exact) mass is 466 g/mol. The minimum atomic E-state index is -2.20. The molecule has 0 saturated heterocycles. The molecule has 1 atom stereocenters. The third-order valence-corrected chi connectivity index (χ3v) is 12.4. The maximum absolute atomic E-state index is 13.0. The van der Waals surface area contributed by atoms with Crippen molar-refractivity contribution in [2.75, 3.05) is 7.11 Å². The molecule has 0 aromatic heterocycles. The molecule has 1 aromatic carbocycles. The molecule has 0 radical (unpaired) electrons. The molecule has 154 valence electrons. The normalized spacial score (nSPS) is 17.2. The first-order valence-electron chi connectivity index (χ1n) is 9.86. The Labute approximate surface area is 177 Å². The lowest BCUT2D eigenvalue weighted by molar-refractivity contribution is -0.137. The maximum Gasteiger partial charge on any atom is 0.337 e. The Kier molecular flexibility index (Phi) is 7.31. The number of rotatable bonds is 8. The molecule has 0 bridgehead atoms. The van der Waals surface area contributed by atoms with Crippen LogP contribution in [0.4, 0.5) is 0 Å². The number of hydrogen-bond donors (Lipinski definition) is 0. The van der Waals surface area contributed by atoms with E-state index in [0.717, 1.165) is 4.47 Å². The van der Waals surface area contributed by atoms with E-state index in [-0.39, 0.29) is 5.78 Å². The van der Waals surface area contributed by atoms with Gasteiger partial charge >= 0.3 is 5.97 Å². The van der Waals surface area contributed by atoms with Crippen LogP contribution >= 0.6 is 15.9 Å². The Bertz CT molecular complexity index is 743. The first-order valence-corrected chi connectivity index (χ1v) is 12.8. The van der Waals surface area contributed by atoms with Gasteiger partial charge in [0.25, 0.3) is 8.32 Å². The van der Waals surface area contributed by atoms with Gasteiger partial charge in [0.1, 0.15) is 0 Å². The Balaban J connectivity index is 2.41. The summed E-state index contributed by atoms with van der Waals surface area (Å²) in [4.78, 5) is 25.5. The minimum Gasteiger partial charge on any atom is -0.545 e. The molecule has 0 saturated carbocycles. The highest BCUT2D eigenvalue weighted by Crippen LogP contribution is 2.48. The first-order chi connectivity index (χ1) is 13.1. The average molecular weight is 467 g/mol. The number of carbonyl (C=O) groups is 2. The summed E-state index contributed by atoms with van der Waals surface area (Å²) in [6, 6.07) is 7.21. The first kappa shape index (κ1) is 22.9. The summed E-state index contributed by atoms with van der Waals surface area (Å²) in [5.74, 6) is -0.367. The quantitative estimate of drug-likeness (QED) is 0.257. The molecule has 0 amide bonds. The van der Waals surface area contributed by atoms with Gasteiger partial charge in [-0.2, -0.15) is 0 Å². The highest BCUT2D eigenvalue weighted by molar-refractivity contribution is 9.10. The lowest BCUT2D eigenvalue weighted by atomic mass is 9.77. The maximum atomic E-state index is 13.0. The van der Waals surface area contributed by atoms with Crippen molar-refractivity contribution in [1.82, 2.24) is 0 Å². The van der Waals surface area contributed by atoms with Gasteiger partial charge < -0.3 is 9.16 Å². The van der Waals surface area contributed by atoms with E-state index in [4.69, 9.17) is 9.16 Å². The lowest BCUT2D eigenvalue weighted by Crippen LogP contribution is -2.49. The largest absolute Gasteiger partial charge is 0.545 e.